The zero-order chi connectivity index (χ0) is 14.8. The monoisotopic (exact) mass is 282 g/mol. The molecule has 2 N–H and O–H groups in total. The minimum Gasteiger partial charge on any atom is -0.481 e. The molecular weight excluding hydrogens is 256 g/mol. The van der Waals surface area contributed by atoms with Crippen LogP contribution in [0.15, 0.2) is 0 Å². The Morgan fingerprint density at radius 3 is 2.45 bits per heavy atom. The topological polar surface area (TPSA) is 69.6 Å². The summed E-state index contributed by atoms with van der Waals surface area (Å²) in [7, 11) is 2.12. The lowest BCUT2D eigenvalue weighted by Gasteiger charge is -2.38. The summed E-state index contributed by atoms with van der Waals surface area (Å²) in [5.74, 6) is -1.70. The third kappa shape index (κ3) is 3.51. The first-order valence-corrected chi connectivity index (χ1v) is 7.60. The van der Waals surface area contributed by atoms with Crippen LogP contribution in [0.25, 0.3) is 0 Å². The highest BCUT2D eigenvalue weighted by Gasteiger charge is 2.38. The van der Waals surface area contributed by atoms with Gasteiger partial charge in [0.15, 0.2) is 0 Å². The first-order valence-electron chi connectivity index (χ1n) is 7.60. The van der Waals surface area contributed by atoms with Gasteiger partial charge in [-0.3, -0.25) is 9.59 Å². The summed E-state index contributed by atoms with van der Waals surface area (Å²) in [6, 6.07) is 0. The second kappa shape index (κ2) is 6.12. The van der Waals surface area contributed by atoms with Crippen LogP contribution in [-0.4, -0.2) is 48.6 Å². The fourth-order valence-corrected chi connectivity index (χ4v) is 3.34. The average Bonchev–Trinajstić information content (AvgIpc) is 2.89. The van der Waals surface area contributed by atoms with E-state index in [1.54, 1.807) is 0 Å². The Bertz CT molecular complexity index is 375. The standard InChI is InChI=1S/C15H26N2O3/c1-15(6-8-17(2)9-7-15)10-16-13(18)11-4-3-5-12(11)14(19)20/h11-12H,3-10H2,1-2H3,(H,16,18)(H,19,20)/t11-,12+/m1/s1. The molecule has 5 nitrogen and oxygen atoms in total. The minimum absolute atomic E-state index is 0.0601. The summed E-state index contributed by atoms with van der Waals surface area (Å²) in [5.41, 5.74) is 0.152. The van der Waals surface area contributed by atoms with Crippen molar-refractivity contribution < 1.29 is 14.7 Å². The number of likely N-dealkylation sites (tertiary alicyclic amines) is 1. The quantitative estimate of drug-likeness (QED) is 0.816. The lowest BCUT2D eigenvalue weighted by atomic mass is 9.80. The summed E-state index contributed by atoms with van der Waals surface area (Å²) in [4.78, 5) is 25.7. The van der Waals surface area contributed by atoms with Crippen LogP contribution in [0.1, 0.15) is 39.0 Å². The Kier molecular flexibility index (Phi) is 4.68. The van der Waals surface area contributed by atoms with Gasteiger partial charge in [0.25, 0.3) is 0 Å². The number of aliphatic carboxylic acids is 1. The molecule has 0 aromatic carbocycles. The fraction of sp³-hybridized carbons (Fsp3) is 0.867. The van der Waals surface area contributed by atoms with Crippen molar-refractivity contribution in [1.82, 2.24) is 10.2 Å². The van der Waals surface area contributed by atoms with E-state index in [0.29, 0.717) is 19.4 Å². The van der Waals surface area contributed by atoms with Gasteiger partial charge in [0.05, 0.1) is 11.8 Å². The zero-order valence-electron chi connectivity index (χ0n) is 12.5. The normalized spacial score (nSPS) is 30.1. The first kappa shape index (κ1) is 15.3. The predicted molar refractivity (Wildman–Crippen MR) is 76.3 cm³/mol. The van der Waals surface area contributed by atoms with Gasteiger partial charge in [-0.1, -0.05) is 13.3 Å². The molecule has 0 aromatic heterocycles. The number of carbonyl (C=O) groups is 2. The van der Waals surface area contributed by atoms with Gasteiger partial charge in [-0.15, -0.1) is 0 Å². The van der Waals surface area contributed by atoms with Crippen molar-refractivity contribution in [3.63, 3.8) is 0 Å². The molecule has 114 valence electrons. The summed E-state index contributed by atoms with van der Waals surface area (Å²) < 4.78 is 0. The van der Waals surface area contributed by atoms with Gasteiger partial charge in [0, 0.05) is 6.54 Å². The van der Waals surface area contributed by atoms with Crippen LogP contribution in [0.3, 0.4) is 0 Å². The molecule has 2 fully saturated rings. The third-order valence-electron chi connectivity index (χ3n) is 5.05. The number of carbonyl (C=O) groups excluding carboxylic acids is 1. The van der Waals surface area contributed by atoms with Gasteiger partial charge in [0.2, 0.25) is 5.91 Å². The van der Waals surface area contributed by atoms with Crippen LogP contribution in [0, 0.1) is 17.3 Å². The van der Waals surface area contributed by atoms with Gasteiger partial charge >= 0.3 is 5.97 Å². The van der Waals surface area contributed by atoms with E-state index in [9.17, 15) is 9.59 Å². The van der Waals surface area contributed by atoms with E-state index in [1.165, 1.54) is 0 Å². The molecule has 1 saturated heterocycles. The highest BCUT2D eigenvalue weighted by atomic mass is 16.4. The predicted octanol–water partition coefficient (Wildman–Crippen LogP) is 1.34. The fourth-order valence-electron chi connectivity index (χ4n) is 3.34. The van der Waals surface area contributed by atoms with E-state index in [1.807, 2.05) is 0 Å². The second-order valence-electron chi connectivity index (χ2n) is 6.81. The number of carboxylic acids is 1. The maximum Gasteiger partial charge on any atom is 0.307 e. The number of hydrogen-bond acceptors (Lipinski definition) is 3. The number of piperidine rings is 1. The Hall–Kier alpha value is -1.10. The molecule has 0 aromatic rings. The summed E-state index contributed by atoms with van der Waals surface area (Å²) in [6.07, 6.45) is 4.35. The number of nitrogens with one attached hydrogen (secondary N) is 1. The van der Waals surface area contributed by atoms with Crippen molar-refractivity contribution in [2.45, 2.75) is 39.0 Å². The van der Waals surface area contributed by atoms with Gasteiger partial charge in [-0.2, -0.15) is 0 Å². The van der Waals surface area contributed by atoms with Crippen molar-refractivity contribution in [3.8, 4) is 0 Å². The number of carboxylic acid groups (broad SMARTS) is 1. The van der Waals surface area contributed by atoms with Crippen molar-refractivity contribution >= 4 is 11.9 Å². The molecule has 2 atom stereocenters. The minimum atomic E-state index is -0.826. The molecule has 1 amide bonds. The van der Waals surface area contributed by atoms with Crippen LogP contribution in [-0.2, 0) is 9.59 Å². The molecule has 0 bridgehead atoms. The van der Waals surface area contributed by atoms with Gasteiger partial charge in [-0.05, 0) is 51.2 Å². The largest absolute Gasteiger partial charge is 0.481 e. The maximum absolute atomic E-state index is 12.2. The maximum atomic E-state index is 12.2. The Morgan fingerprint density at radius 2 is 1.85 bits per heavy atom. The van der Waals surface area contributed by atoms with Crippen molar-refractivity contribution in [2.24, 2.45) is 17.3 Å². The molecule has 1 aliphatic carbocycles. The average molecular weight is 282 g/mol. The number of hydrogen-bond donors (Lipinski definition) is 2. The molecule has 5 heteroatoms. The SMILES string of the molecule is CN1CCC(C)(CNC(=O)[C@@H]2CCC[C@@H]2C(=O)O)CC1. The van der Waals surface area contributed by atoms with E-state index in [2.05, 4.69) is 24.2 Å². The Labute approximate surface area is 120 Å². The first-order chi connectivity index (χ1) is 9.41. The van der Waals surface area contributed by atoms with Crippen LogP contribution in [0.2, 0.25) is 0 Å². The second-order valence-corrected chi connectivity index (χ2v) is 6.81. The number of amides is 1. The molecule has 2 rings (SSSR count). The lowest BCUT2D eigenvalue weighted by molar-refractivity contribution is -0.146. The van der Waals surface area contributed by atoms with Crippen LogP contribution in [0.5, 0.6) is 0 Å². The highest BCUT2D eigenvalue weighted by molar-refractivity contribution is 5.85. The number of rotatable bonds is 4. The molecule has 0 unspecified atom stereocenters. The molecule has 20 heavy (non-hydrogen) atoms. The zero-order valence-corrected chi connectivity index (χ0v) is 12.5. The summed E-state index contributed by atoms with van der Waals surface area (Å²) in [5, 5.41) is 12.2. The van der Waals surface area contributed by atoms with E-state index in [-0.39, 0.29) is 17.2 Å². The third-order valence-corrected chi connectivity index (χ3v) is 5.05. The number of nitrogens with zero attached hydrogens (tertiary/aromatic N) is 1. The van der Waals surface area contributed by atoms with E-state index in [4.69, 9.17) is 5.11 Å². The van der Waals surface area contributed by atoms with Crippen molar-refractivity contribution in [1.29, 1.82) is 0 Å². The Balaban J connectivity index is 1.84. The molecule has 1 aliphatic heterocycles. The molecule has 1 saturated carbocycles. The van der Waals surface area contributed by atoms with E-state index < -0.39 is 11.9 Å². The smallest absolute Gasteiger partial charge is 0.307 e. The van der Waals surface area contributed by atoms with Crippen LogP contribution in [0.4, 0.5) is 0 Å². The molecule has 1 heterocycles. The van der Waals surface area contributed by atoms with E-state index in [0.717, 1.165) is 32.4 Å². The van der Waals surface area contributed by atoms with Crippen molar-refractivity contribution in [2.75, 3.05) is 26.7 Å². The molecular formula is C15H26N2O3. The molecule has 2 aliphatic rings. The van der Waals surface area contributed by atoms with Crippen LogP contribution < -0.4 is 5.32 Å². The Morgan fingerprint density at radius 1 is 1.25 bits per heavy atom. The summed E-state index contributed by atoms with van der Waals surface area (Å²) >= 11 is 0. The summed E-state index contributed by atoms with van der Waals surface area (Å²) in [6.45, 7) is 5.01. The van der Waals surface area contributed by atoms with Crippen molar-refractivity contribution in [3.05, 3.63) is 0 Å². The van der Waals surface area contributed by atoms with E-state index >= 15 is 0 Å². The molecule has 0 radical (unpaired) electrons. The highest BCUT2D eigenvalue weighted by Crippen LogP contribution is 2.33. The lowest BCUT2D eigenvalue weighted by Crippen LogP contribution is -2.45. The molecule has 0 spiro atoms. The van der Waals surface area contributed by atoms with Gasteiger partial charge in [0.1, 0.15) is 0 Å². The van der Waals surface area contributed by atoms with Gasteiger partial charge < -0.3 is 15.3 Å². The van der Waals surface area contributed by atoms with Gasteiger partial charge in [-0.25, -0.2) is 0 Å². The van der Waals surface area contributed by atoms with Crippen LogP contribution >= 0.6 is 0 Å².